The zero-order valence-corrected chi connectivity index (χ0v) is 14.2. The van der Waals surface area contributed by atoms with Gasteiger partial charge in [0, 0.05) is 24.2 Å². The number of benzene rings is 1. The summed E-state index contributed by atoms with van der Waals surface area (Å²) in [5.41, 5.74) is 3.46. The molecule has 2 N–H and O–H groups in total. The van der Waals surface area contributed by atoms with Gasteiger partial charge in [-0.15, -0.1) is 0 Å². The van der Waals surface area contributed by atoms with Gasteiger partial charge >= 0.3 is 5.97 Å². The average Bonchev–Trinajstić information content (AvgIpc) is 2.58. The Labute approximate surface area is 141 Å². The number of rotatable bonds is 8. The summed E-state index contributed by atoms with van der Waals surface area (Å²) >= 11 is 0. The molecule has 24 heavy (non-hydrogen) atoms. The minimum Gasteiger partial charge on any atom is -0.465 e. The standard InChI is InChI=1S/C17H23N3O4/c1-4-24-17(23)12(2)13(3)19-20-16(22)11-10-15(21)18-14-8-6-5-7-9-14/h5-9,12H,4,10-11H2,1-3H3,(H,18,21)(H,20,22)/t12-/m1/s1. The van der Waals surface area contributed by atoms with E-state index in [1.54, 1.807) is 32.9 Å². The number of anilines is 1. The highest BCUT2D eigenvalue weighted by Crippen LogP contribution is 2.06. The van der Waals surface area contributed by atoms with Crippen molar-refractivity contribution in [2.24, 2.45) is 11.0 Å². The molecule has 0 bridgehead atoms. The van der Waals surface area contributed by atoms with Crippen LogP contribution >= 0.6 is 0 Å². The first kappa shape index (κ1) is 19.3. The molecule has 0 aromatic heterocycles. The number of esters is 1. The summed E-state index contributed by atoms with van der Waals surface area (Å²) in [6, 6.07) is 9.00. The van der Waals surface area contributed by atoms with Gasteiger partial charge in [-0.2, -0.15) is 5.10 Å². The fourth-order valence-corrected chi connectivity index (χ4v) is 1.71. The number of carbonyl (C=O) groups is 3. The second kappa shape index (κ2) is 10.1. The molecule has 0 spiro atoms. The van der Waals surface area contributed by atoms with Crippen LogP contribution in [0.5, 0.6) is 0 Å². The van der Waals surface area contributed by atoms with Crippen molar-refractivity contribution in [3.63, 3.8) is 0 Å². The van der Waals surface area contributed by atoms with E-state index in [-0.39, 0.29) is 18.7 Å². The Morgan fingerprint density at radius 1 is 1.12 bits per heavy atom. The zero-order valence-electron chi connectivity index (χ0n) is 14.2. The topological polar surface area (TPSA) is 96.9 Å². The number of hydrogen-bond donors (Lipinski definition) is 2. The van der Waals surface area contributed by atoms with Crippen LogP contribution in [0.4, 0.5) is 5.69 Å². The van der Waals surface area contributed by atoms with Crippen molar-refractivity contribution >= 4 is 29.2 Å². The molecule has 2 amide bonds. The van der Waals surface area contributed by atoms with E-state index < -0.39 is 17.8 Å². The van der Waals surface area contributed by atoms with E-state index in [9.17, 15) is 14.4 Å². The van der Waals surface area contributed by atoms with Crippen molar-refractivity contribution in [3.8, 4) is 0 Å². The Balaban J connectivity index is 2.36. The maximum absolute atomic E-state index is 11.7. The van der Waals surface area contributed by atoms with Crippen LogP contribution in [0, 0.1) is 5.92 Å². The van der Waals surface area contributed by atoms with Gasteiger partial charge in [0.2, 0.25) is 11.8 Å². The van der Waals surface area contributed by atoms with Gasteiger partial charge in [-0.3, -0.25) is 14.4 Å². The summed E-state index contributed by atoms with van der Waals surface area (Å²) in [4.78, 5) is 35.0. The second-order valence-corrected chi connectivity index (χ2v) is 5.18. The van der Waals surface area contributed by atoms with Gasteiger partial charge in [-0.25, -0.2) is 5.43 Å². The maximum atomic E-state index is 11.7. The monoisotopic (exact) mass is 333 g/mol. The van der Waals surface area contributed by atoms with Crippen molar-refractivity contribution in [2.75, 3.05) is 11.9 Å². The minimum absolute atomic E-state index is 0.00321. The Morgan fingerprint density at radius 3 is 2.38 bits per heavy atom. The van der Waals surface area contributed by atoms with Gasteiger partial charge in [-0.1, -0.05) is 18.2 Å². The molecular formula is C17H23N3O4. The summed E-state index contributed by atoms with van der Waals surface area (Å²) in [7, 11) is 0. The average molecular weight is 333 g/mol. The number of hydrazone groups is 1. The molecule has 0 aliphatic carbocycles. The third kappa shape index (κ3) is 7.04. The smallest absolute Gasteiger partial charge is 0.314 e. The highest BCUT2D eigenvalue weighted by molar-refractivity contribution is 6.01. The number of ether oxygens (including phenoxy) is 1. The lowest BCUT2D eigenvalue weighted by atomic mass is 10.1. The number of nitrogens with one attached hydrogen (secondary N) is 2. The van der Waals surface area contributed by atoms with E-state index in [2.05, 4.69) is 15.8 Å². The lowest BCUT2D eigenvalue weighted by Crippen LogP contribution is -2.26. The summed E-state index contributed by atoms with van der Waals surface area (Å²) in [6.07, 6.45) is 0.0476. The van der Waals surface area contributed by atoms with Gasteiger partial charge in [-0.05, 0) is 32.9 Å². The predicted octanol–water partition coefficient (Wildman–Crippen LogP) is 2.10. The molecule has 130 valence electrons. The van der Waals surface area contributed by atoms with Crippen LogP contribution in [0.25, 0.3) is 0 Å². The normalized spacial score (nSPS) is 12.2. The fraction of sp³-hybridized carbons (Fsp3) is 0.412. The molecule has 0 fully saturated rings. The lowest BCUT2D eigenvalue weighted by molar-refractivity contribution is -0.145. The Kier molecular flexibility index (Phi) is 8.18. The van der Waals surface area contributed by atoms with Crippen LogP contribution in [0.1, 0.15) is 33.6 Å². The molecule has 0 aliphatic heterocycles. The molecule has 0 saturated heterocycles. The summed E-state index contributed by atoms with van der Waals surface area (Å²) in [6.45, 7) is 5.29. The van der Waals surface area contributed by atoms with E-state index in [1.165, 1.54) is 0 Å². The molecule has 7 nitrogen and oxygen atoms in total. The quantitative estimate of drug-likeness (QED) is 0.432. The molecule has 1 rings (SSSR count). The lowest BCUT2D eigenvalue weighted by Gasteiger charge is -2.10. The van der Waals surface area contributed by atoms with Crippen LogP contribution in [0.2, 0.25) is 0 Å². The highest BCUT2D eigenvalue weighted by Gasteiger charge is 2.17. The second-order valence-electron chi connectivity index (χ2n) is 5.18. The van der Waals surface area contributed by atoms with Gasteiger partial charge in [0.15, 0.2) is 0 Å². The summed E-state index contributed by atoms with van der Waals surface area (Å²) in [5, 5.41) is 6.57. The minimum atomic E-state index is -0.536. The van der Waals surface area contributed by atoms with Crippen LogP contribution in [0.3, 0.4) is 0 Å². The van der Waals surface area contributed by atoms with E-state index >= 15 is 0 Å². The van der Waals surface area contributed by atoms with Gasteiger partial charge in [0.1, 0.15) is 0 Å². The predicted molar refractivity (Wildman–Crippen MR) is 91.4 cm³/mol. The first-order valence-electron chi connectivity index (χ1n) is 7.78. The first-order chi connectivity index (χ1) is 11.4. The Morgan fingerprint density at radius 2 is 1.75 bits per heavy atom. The van der Waals surface area contributed by atoms with Crippen molar-refractivity contribution in [1.29, 1.82) is 0 Å². The molecule has 1 aromatic carbocycles. The third-order valence-electron chi connectivity index (χ3n) is 3.26. The first-order valence-corrected chi connectivity index (χ1v) is 7.78. The van der Waals surface area contributed by atoms with E-state index in [0.29, 0.717) is 18.0 Å². The summed E-state index contributed by atoms with van der Waals surface area (Å²) in [5.74, 6) is -1.58. The Bertz CT molecular complexity index is 599. The van der Waals surface area contributed by atoms with Gasteiger partial charge in [0.25, 0.3) is 0 Å². The molecule has 0 unspecified atom stereocenters. The van der Waals surface area contributed by atoms with Crippen molar-refractivity contribution in [1.82, 2.24) is 5.43 Å². The van der Waals surface area contributed by atoms with Crippen LogP contribution in [-0.2, 0) is 19.1 Å². The fourth-order valence-electron chi connectivity index (χ4n) is 1.71. The van der Waals surface area contributed by atoms with Gasteiger partial charge in [0.05, 0.1) is 12.5 Å². The molecule has 1 aromatic rings. The number of nitrogens with zero attached hydrogens (tertiary/aromatic N) is 1. The number of hydrogen-bond acceptors (Lipinski definition) is 5. The van der Waals surface area contributed by atoms with E-state index in [4.69, 9.17) is 4.74 Å². The van der Waals surface area contributed by atoms with Crippen LogP contribution in [0.15, 0.2) is 35.4 Å². The third-order valence-corrected chi connectivity index (χ3v) is 3.26. The molecule has 0 saturated carbocycles. The molecule has 1 atom stereocenters. The molecular weight excluding hydrogens is 310 g/mol. The van der Waals surface area contributed by atoms with Crippen molar-refractivity contribution in [2.45, 2.75) is 33.6 Å². The molecule has 7 heteroatoms. The van der Waals surface area contributed by atoms with Crippen molar-refractivity contribution in [3.05, 3.63) is 30.3 Å². The highest BCUT2D eigenvalue weighted by atomic mass is 16.5. The Hall–Kier alpha value is -2.70. The van der Waals surface area contributed by atoms with Gasteiger partial charge < -0.3 is 10.1 Å². The molecule has 0 heterocycles. The SMILES string of the molecule is CCOC(=O)[C@H](C)C(C)=NNC(=O)CCC(=O)Nc1ccccc1. The molecule has 0 aliphatic rings. The maximum Gasteiger partial charge on any atom is 0.314 e. The van der Waals surface area contributed by atoms with E-state index in [0.717, 1.165) is 0 Å². The van der Waals surface area contributed by atoms with Crippen LogP contribution < -0.4 is 10.7 Å². The molecule has 0 radical (unpaired) electrons. The van der Waals surface area contributed by atoms with E-state index in [1.807, 2.05) is 18.2 Å². The summed E-state index contributed by atoms with van der Waals surface area (Å²) < 4.78 is 4.88. The van der Waals surface area contributed by atoms with Crippen molar-refractivity contribution < 1.29 is 19.1 Å². The largest absolute Gasteiger partial charge is 0.465 e. The number of amides is 2. The van der Waals surface area contributed by atoms with Crippen LogP contribution in [-0.4, -0.2) is 30.1 Å². The zero-order chi connectivity index (χ0) is 17.9. The number of para-hydroxylation sites is 1. The number of carbonyl (C=O) groups excluding carboxylic acids is 3.